The second-order valence-electron chi connectivity index (χ2n) is 10.8. The van der Waals surface area contributed by atoms with Gasteiger partial charge in [-0.05, 0) is 69.6 Å². The van der Waals surface area contributed by atoms with Crippen LogP contribution >= 0.6 is 0 Å². The maximum Gasteiger partial charge on any atom is 0.213 e. The smallest absolute Gasteiger partial charge is 0.213 e. The van der Waals surface area contributed by atoms with E-state index in [1.807, 2.05) is 32.0 Å². The Labute approximate surface area is 248 Å². The maximum atomic E-state index is 15.0. The van der Waals surface area contributed by atoms with E-state index in [4.69, 9.17) is 19.3 Å². The van der Waals surface area contributed by atoms with Gasteiger partial charge in [0, 0.05) is 30.3 Å². The number of rotatable bonds is 11. The highest BCUT2D eigenvalue weighted by Crippen LogP contribution is 2.46. The lowest BCUT2D eigenvalue weighted by atomic mass is 9.69. The lowest BCUT2D eigenvalue weighted by Gasteiger charge is -2.53. The molecule has 1 atom stereocenters. The average Bonchev–Trinajstić information content (AvgIpc) is 3.03. The van der Waals surface area contributed by atoms with Gasteiger partial charge in [0.2, 0.25) is 5.88 Å². The van der Waals surface area contributed by atoms with Gasteiger partial charge in [0.25, 0.3) is 0 Å². The molecule has 1 unspecified atom stereocenters. The van der Waals surface area contributed by atoms with E-state index < -0.39 is 11.0 Å². The number of aliphatic hydroxyl groups excluding tert-OH is 1. The molecule has 3 aromatic heterocycles. The molecule has 42 heavy (non-hydrogen) atoms. The van der Waals surface area contributed by atoms with E-state index in [9.17, 15) is 8.60 Å². The van der Waals surface area contributed by atoms with Crippen LogP contribution in [0.3, 0.4) is 0 Å². The molecule has 2 saturated heterocycles. The molecule has 3 aromatic rings. The molecule has 1 saturated carbocycles. The summed E-state index contributed by atoms with van der Waals surface area (Å²) in [5.41, 5.74) is 2.15. The Kier molecular flexibility index (Phi) is 9.87. The zero-order chi connectivity index (χ0) is 29.6. The number of pyridine rings is 3. The Morgan fingerprint density at radius 1 is 1.14 bits per heavy atom. The third kappa shape index (κ3) is 6.82. The number of hydrogen-bond acceptors (Lipinski definition) is 9. The normalized spacial score (nSPS) is 24.2. The van der Waals surface area contributed by atoms with Gasteiger partial charge in [0.15, 0.2) is 28.5 Å². The van der Waals surface area contributed by atoms with Crippen LogP contribution in [0.25, 0.3) is 11.0 Å². The van der Waals surface area contributed by atoms with Crippen LogP contribution in [-0.4, -0.2) is 61.2 Å². The summed E-state index contributed by atoms with van der Waals surface area (Å²) < 4.78 is 47.2. The first-order valence-electron chi connectivity index (χ1n) is 14.8. The Hall–Kier alpha value is -2.93. The lowest BCUT2D eigenvalue weighted by molar-refractivity contribution is -0.165. The van der Waals surface area contributed by atoms with Crippen molar-refractivity contribution in [2.24, 2.45) is 0 Å². The number of hydrogen-bond donors (Lipinski definition) is 3. The van der Waals surface area contributed by atoms with Crippen molar-refractivity contribution < 1.29 is 27.9 Å². The number of fused-ring (bicyclic) bond motifs is 5. The molecule has 3 fully saturated rings. The number of nitrogens with zero attached hydrogens (tertiary/aromatic N) is 3. The van der Waals surface area contributed by atoms with Crippen LogP contribution < -0.4 is 19.5 Å². The molecular weight excluding hydrogens is 561 g/mol. The molecule has 12 heteroatoms. The summed E-state index contributed by atoms with van der Waals surface area (Å²) >= 11 is 0. The number of ether oxygens (including phenoxy) is 3. The van der Waals surface area contributed by atoms with E-state index in [1.165, 1.54) is 6.20 Å². The summed E-state index contributed by atoms with van der Waals surface area (Å²) in [5, 5.41) is 12.6. The molecule has 0 aromatic carbocycles. The van der Waals surface area contributed by atoms with Crippen molar-refractivity contribution >= 4 is 27.8 Å². The molecule has 0 radical (unpaired) electrons. The summed E-state index contributed by atoms with van der Waals surface area (Å²) in [6, 6.07) is 7.33. The van der Waals surface area contributed by atoms with Crippen molar-refractivity contribution in [1.82, 2.24) is 20.3 Å². The van der Waals surface area contributed by atoms with E-state index in [2.05, 4.69) is 25.0 Å². The molecule has 4 aliphatic rings. The molecule has 7 rings (SSSR count). The number of halogens is 1. The van der Waals surface area contributed by atoms with Crippen LogP contribution in [0.15, 0.2) is 30.5 Å². The van der Waals surface area contributed by atoms with Crippen molar-refractivity contribution in [2.75, 3.05) is 30.5 Å². The van der Waals surface area contributed by atoms with Gasteiger partial charge in [-0.25, -0.2) is 18.6 Å². The largest absolute Gasteiger partial charge is 0.478 e. The van der Waals surface area contributed by atoms with Crippen molar-refractivity contribution in [1.29, 1.82) is 0 Å². The van der Waals surface area contributed by atoms with E-state index in [-0.39, 0.29) is 29.5 Å². The molecule has 228 valence electrons. The third-order valence-corrected chi connectivity index (χ3v) is 8.99. The van der Waals surface area contributed by atoms with Gasteiger partial charge < -0.3 is 24.6 Å². The van der Waals surface area contributed by atoms with Gasteiger partial charge in [0.1, 0.15) is 5.82 Å². The maximum absolute atomic E-state index is 15.0. The molecule has 6 heterocycles. The summed E-state index contributed by atoms with van der Waals surface area (Å²) in [4.78, 5) is 13.4. The first kappa shape index (κ1) is 30.5. The fraction of sp³-hybridized carbons (Fsp3) is 0.567. The SMILES string of the molecule is CC.O=S1COc2ccc(CNC34CCC(CCc5c(F)cnc6ccc(OCCCCO)nc56)(CC3)OC4)nc2N1. The van der Waals surface area contributed by atoms with E-state index in [1.54, 1.807) is 6.07 Å². The van der Waals surface area contributed by atoms with Crippen LogP contribution in [0, 0.1) is 5.82 Å². The van der Waals surface area contributed by atoms with Gasteiger partial charge in [-0.3, -0.25) is 9.71 Å². The van der Waals surface area contributed by atoms with Gasteiger partial charge >= 0.3 is 0 Å². The van der Waals surface area contributed by atoms with Crippen molar-refractivity contribution in [2.45, 2.75) is 82.9 Å². The van der Waals surface area contributed by atoms with Gasteiger partial charge in [-0.1, -0.05) is 13.8 Å². The van der Waals surface area contributed by atoms with Crippen LogP contribution in [0.2, 0.25) is 0 Å². The Morgan fingerprint density at radius 2 is 1.98 bits per heavy atom. The van der Waals surface area contributed by atoms with Crippen molar-refractivity contribution in [3.8, 4) is 11.6 Å². The lowest BCUT2D eigenvalue weighted by Crippen LogP contribution is -2.61. The standard InChI is InChI=1S/C28H34FN5O5S.C2H6/c29-21-16-30-22-4-6-24(37-14-2-1-13-35)33-25(22)20(21)7-8-28-11-9-27(10-12-28,17-39-28)31-15-19-3-5-23-26(32-19)34-40(36)18-38-23;1-2/h3-6,16,31,35H,1-2,7-15,17-18H2,(H,32,34);1-2H3. The minimum atomic E-state index is -1.28. The van der Waals surface area contributed by atoms with E-state index >= 15 is 0 Å². The fourth-order valence-corrected chi connectivity index (χ4v) is 6.42. The fourth-order valence-electron chi connectivity index (χ4n) is 5.76. The molecule has 3 aliphatic heterocycles. The Bertz CT molecular complexity index is 1390. The first-order chi connectivity index (χ1) is 20.5. The van der Waals surface area contributed by atoms with Crippen molar-refractivity contribution in [3.05, 3.63) is 47.5 Å². The predicted molar refractivity (Wildman–Crippen MR) is 159 cm³/mol. The summed E-state index contributed by atoms with van der Waals surface area (Å²) in [6.07, 6.45) is 7.57. The molecule has 1 aliphatic carbocycles. The van der Waals surface area contributed by atoms with Gasteiger partial charge in [0.05, 0.1) is 41.7 Å². The van der Waals surface area contributed by atoms with E-state index in [0.29, 0.717) is 73.1 Å². The predicted octanol–water partition coefficient (Wildman–Crippen LogP) is 4.57. The summed E-state index contributed by atoms with van der Waals surface area (Å²) in [5.74, 6) is 1.31. The molecular formula is C30H40FN5O5S. The number of unbranched alkanes of at least 4 members (excludes halogenated alkanes) is 1. The first-order valence-corrected chi connectivity index (χ1v) is 16.1. The highest BCUT2D eigenvalue weighted by molar-refractivity contribution is 7.86. The van der Waals surface area contributed by atoms with Crippen LogP contribution in [0.4, 0.5) is 10.2 Å². The zero-order valence-electron chi connectivity index (χ0n) is 24.3. The Morgan fingerprint density at radius 3 is 2.74 bits per heavy atom. The summed E-state index contributed by atoms with van der Waals surface area (Å²) in [7, 11) is -1.28. The highest BCUT2D eigenvalue weighted by Gasteiger charge is 2.49. The minimum absolute atomic E-state index is 0.121. The molecule has 0 amide bonds. The number of anilines is 1. The molecule has 3 N–H and O–H groups in total. The number of aryl methyl sites for hydroxylation is 1. The van der Waals surface area contributed by atoms with Gasteiger partial charge in [-0.15, -0.1) is 0 Å². The number of aromatic nitrogens is 3. The average molecular weight is 602 g/mol. The Balaban J connectivity index is 0.00000173. The molecule has 10 nitrogen and oxygen atoms in total. The van der Waals surface area contributed by atoms with Crippen LogP contribution in [0.5, 0.6) is 11.6 Å². The van der Waals surface area contributed by atoms with Crippen molar-refractivity contribution in [3.63, 3.8) is 0 Å². The quantitative estimate of drug-likeness (QED) is 0.271. The monoisotopic (exact) mass is 601 g/mol. The number of nitrogens with one attached hydrogen (secondary N) is 2. The van der Waals surface area contributed by atoms with Crippen LogP contribution in [-0.2, 0) is 28.7 Å². The minimum Gasteiger partial charge on any atom is -0.478 e. The second kappa shape index (κ2) is 13.6. The van der Waals surface area contributed by atoms with Crippen LogP contribution in [0.1, 0.15) is 70.1 Å². The second-order valence-corrected chi connectivity index (χ2v) is 12.0. The van der Waals surface area contributed by atoms with E-state index in [0.717, 1.165) is 37.8 Å². The molecule has 2 bridgehead atoms. The number of aliphatic hydroxyl groups is 1. The van der Waals surface area contributed by atoms with Gasteiger partial charge in [-0.2, -0.15) is 0 Å². The molecule has 0 spiro atoms. The topological polar surface area (TPSA) is 128 Å². The third-order valence-electron chi connectivity index (χ3n) is 8.24. The summed E-state index contributed by atoms with van der Waals surface area (Å²) in [6.45, 7) is 5.73. The zero-order valence-corrected chi connectivity index (χ0v) is 25.1. The highest BCUT2D eigenvalue weighted by atomic mass is 32.2.